The van der Waals surface area contributed by atoms with Crippen LogP contribution in [-0.4, -0.2) is 33.9 Å². The highest BCUT2D eigenvalue weighted by Gasteiger charge is 2.40. The van der Waals surface area contributed by atoms with Gasteiger partial charge in [-0.2, -0.15) is 0 Å². The number of amides is 2. The normalized spacial score (nSPS) is 20.0. The molecule has 1 heterocycles. The Kier molecular flexibility index (Phi) is 4.50. The molecular weight excluding hydrogens is 292 g/mol. The minimum atomic E-state index is -0.518. The quantitative estimate of drug-likeness (QED) is 0.445. The van der Waals surface area contributed by atoms with Crippen molar-refractivity contribution in [1.29, 1.82) is 0 Å². The van der Waals surface area contributed by atoms with Crippen LogP contribution in [0.25, 0.3) is 0 Å². The molecule has 23 heavy (non-hydrogen) atoms. The number of primary amides is 1. The van der Waals surface area contributed by atoms with Crippen molar-refractivity contribution in [2.45, 2.75) is 57.7 Å². The second-order valence-corrected chi connectivity index (χ2v) is 7.61. The average Bonchev–Trinajstić information content (AvgIpc) is 2.42. The molecule has 0 spiro atoms. The van der Waals surface area contributed by atoms with Crippen molar-refractivity contribution in [3.63, 3.8) is 0 Å². The molecule has 1 aliphatic rings. The molecule has 5 N–H and O–H groups in total. The molecular formula is C17H26N4O2. The number of carbonyl (C=O) groups excluding carboxylic acids is 2. The van der Waals surface area contributed by atoms with Gasteiger partial charge in [-0.15, -0.1) is 0 Å². The molecule has 0 aliphatic carbocycles. The first-order chi connectivity index (χ1) is 10.5. The van der Waals surface area contributed by atoms with E-state index in [0.29, 0.717) is 11.1 Å². The van der Waals surface area contributed by atoms with Crippen molar-refractivity contribution in [3.8, 4) is 0 Å². The predicted octanol–water partition coefficient (Wildman–Crippen LogP) is 1.41. The smallest absolute Gasteiger partial charge is 0.268 e. The number of hydrogen-bond donors (Lipinski definition) is 3. The van der Waals surface area contributed by atoms with Crippen molar-refractivity contribution >= 4 is 11.8 Å². The maximum absolute atomic E-state index is 12.6. The van der Waals surface area contributed by atoms with Gasteiger partial charge in [-0.1, -0.05) is 0 Å². The summed E-state index contributed by atoms with van der Waals surface area (Å²) in [6.07, 6.45) is 1.55. The summed E-state index contributed by atoms with van der Waals surface area (Å²) < 4.78 is 0. The lowest BCUT2D eigenvalue weighted by molar-refractivity contribution is 0.0444. The average molecular weight is 318 g/mol. The second kappa shape index (κ2) is 5.94. The fourth-order valence-electron chi connectivity index (χ4n) is 3.56. The Bertz CT molecular complexity index is 592. The molecule has 1 fully saturated rings. The Hall–Kier alpha value is -1.92. The third-order valence-electron chi connectivity index (χ3n) is 4.21. The molecule has 1 saturated heterocycles. The first-order valence-corrected chi connectivity index (χ1v) is 7.78. The van der Waals surface area contributed by atoms with Crippen LogP contribution >= 0.6 is 0 Å². The number of benzene rings is 1. The summed E-state index contributed by atoms with van der Waals surface area (Å²) in [4.78, 5) is 23.7. The summed E-state index contributed by atoms with van der Waals surface area (Å²) in [7, 11) is 0. The van der Waals surface area contributed by atoms with Gasteiger partial charge in [-0.25, -0.2) is 5.84 Å². The number of hydrazine groups is 1. The summed E-state index contributed by atoms with van der Waals surface area (Å²) in [5.41, 5.74) is 5.84. The van der Waals surface area contributed by atoms with Crippen LogP contribution in [0.4, 0.5) is 0 Å². The fraction of sp³-hybridized carbons (Fsp3) is 0.529. The highest BCUT2D eigenvalue weighted by Crippen LogP contribution is 2.31. The van der Waals surface area contributed by atoms with E-state index in [9.17, 15) is 9.59 Å². The Balaban J connectivity index is 2.17. The molecule has 6 heteroatoms. The monoisotopic (exact) mass is 318 g/mol. The Labute approximate surface area is 137 Å². The molecule has 0 aromatic heterocycles. The Morgan fingerprint density at radius 1 is 1.04 bits per heavy atom. The summed E-state index contributed by atoms with van der Waals surface area (Å²) >= 11 is 0. The number of piperidine rings is 1. The number of hydrogen-bond acceptors (Lipinski definition) is 4. The van der Waals surface area contributed by atoms with Gasteiger partial charge in [0.05, 0.1) is 6.04 Å². The van der Waals surface area contributed by atoms with Crippen LogP contribution in [0.2, 0.25) is 0 Å². The summed E-state index contributed by atoms with van der Waals surface area (Å²) in [5, 5.41) is 4.89. The lowest BCUT2D eigenvalue weighted by Crippen LogP contribution is -2.64. The van der Waals surface area contributed by atoms with Crippen LogP contribution in [0.5, 0.6) is 0 Å². The standard InChI is InChI=1S/C17H26N4O2/c1-16(2)9-13(10-17(3,4)20-16)21(19)15(23)12-7-5-11(6-8-12)14(18)22/h5-8,13,20H,9-10,19H2,1-4H3,(H2,18,22). The molecule has 126 valence electrons. The molecule has 1 aromatic rings. The van der Waals surface area contributed by atoms with E-state index in [2.05, 4.69) is 33.0 Å². The van der Waals surface area contributed by atoms with E-state index in [-0.39, 0.29) is 23.0 Å². The van der Waals surface area contributed by atoms with Gasteiger partial charge in [0.2, 0.25) is 5.91 Å². The first kappa shape index (κ1) is 17.4. The van der Waals surface area contributed by atoms with E-state index in [4.69, 9.17) is 11.6 Å². The van der Waals surface area contributed by atoms with Gasteiger partial charge in [-0.3, -0.25) is 14.6 Å². The van der Waals surface area contributed by atoms with Gasteiger partial charge in [0.15, 0.2) is 0 Å². The maximum Gasteiger partial charge on any atom is 0.268 e. The predicted molar refractivity (Wildman–Crippen MR) is 89.6 cm³/mol. The molecule has 0 bridgehead atoms. The van der Waals surface area contributed by atoms with Crippen LogP contribution < -0.4 is 16.9 Å². The summed E-state index contributed by atoms with van der Waals surface area (Å²) in [6.45, 7) is 8.45. The number of nitrogens with one attached hydrogen (secondary N) is 1. The molecule has 2 amide bonds. The van der Waals surface area contributed by atoms with Gasteiger partial charge in [-0.05, 0) is 64.8 Å². The lowest BCUT2D eigenvalue weighted by Gasteiger charge is -2.48. The van der Waals surface area contributed by atoms with E-state index in [1.54, 1.807) is 24.3 Å². The Morgan fingerprint density at radius 3 is 1.91 bits per heavy atom. The van der Waals surface area contributed by atoms with Crippen LogP contribution in [0.3, 0.4) is 0 Å². The maximum atomic E-state index is 12.6. The molecule has 1 aliphatic heterocycles. The minimum Gasteiger partial charge on any atom is -0.366 e. The van der Waals surface area contributed by atoms with Crippen LogP contribution in [0.15, 0.2) is 24.3 Å². The molecule has 1 aromatic carbocycles. The molecule has 2 rings (SSSR count). The van der Waals surface area contributed by atoms with Crippen molar-refractivity contribution in [3.05, 3.63) is 35.4 Å². The number of nitrogens with zero attached hydrogens (tertiary/aromatic N) is 1. The number of carbonyl (C=O) groups is 2. The van der Waals surface area contributed by atoms with Gasteiger partial charge in [0.25, 0.3) is 5.91 Å². The van der Waals surface area contributed by atoms with Crippen molar-refractivity contribution < 1.29 is 9.59 Å². The van der Waals surface area contributed by atoms with Gasteiger partial charge in [0.1, 0.15) is 0 Å². The van der Waals surface area contributed by atoms with Gasteiger partial charge in [0, 0.05) is 22.2 Å². The molecule has 0 unspecified atom stereocenters. The lowest BCUT2D eigenvalue weighted by atomic mass is 9.79. The number of rotatable bonds is 3. The van der Waals surface area contributed by atoms with Crippen LogP contribution in [-0.2, 0) is 0 Å². The molecule has 0 radical (unpaired) electrons. The number of nitrogens with two attached hydrogens (primary N) is 2. The van der Waals surface area contributed by atoms with Crippen molar-refractivity contribution in [2.75, 3.05) is 0 Å². The zero-order valence-corrected chi connectivity index (χ0v) is 14.2. The highest BCUT2D eigenvalue weighted by atomic mass is 16.2. The van der Waals surface area contributed by atoms with E-state index < -0.39 is 5.91 Å². The fourth-order valence-corrected chi connectivity index (χ4v) is 3.56. The van der Waals surface area contributed by atoms with Gasteiger partial charge < -0.3 is 11.1 Å². The zero-order chi connectivity index (χ0) is 17.4. The molecule has 6 nitrogen and oxygen atoms in total. The zero-order valence-electron chi connectivity index (χ0n) is 14.2. The summed E-state index contributed by atoms with van der Waals surface area (Å²) in [6, 6.07) is 6.20. The third-order valence-corrected chi connectivity index (χ3v) is 4.21. The van der Waals surface area contributed by atoms with Crippen molar-refractivity contribution in [1.82, 2.24) is 10.3 Å². The van der Waals surface area contributed by atoms with Crippen LogP contribution in [0.1, 0.15) is 61.3 Å². The van der Waals surface area contributed by atoms with E-state index in [1.165, 1.54) is 5.01 Å². The van der Waals surface area contributed by atoms with E-state index >= 15 is 0 Å². The summed E-state index contributed by atoms with van der Waals surface area (Å²) in [5.74, 6) is 5.36. The van der Waals surface area contributed by atoms with E-state index in [1.807, 2.05) is 0 Å². The molecule has 0 atom stereocenters. The first-order valence-electron chi connectivity index (χ1n) is 7.78. The SMILES string of the molecule is CC1(C)CC(N(N)C(=O)c2ccc(C(N)=O)cc2)CC(C)(C)N1. The largest absolute Gasteiger partial charge is 0.366 e. The minimum absolute atomic E-state index is 0.0513. The topological polar surface area (TPSA) is 101 Å². The van der Waals surface area contributed by atoms with E-state index in [0.717, 1.165) is 12.8 Å². The highest BCUT2D eigenvalue weighted by molar-refractivity contribution is 5.97. The third kappa shape index (κ3) is 4.09. The van der Waals surface area contributed by atoms with Crippen LogP contribution in [0, 0.1) is 0 Å². The second-order valence-electron chi connectivity index (χ2n) is 7.61. The van der Waals surface area contributed by atoms with Gasteiger partial charge >= 0.3 is 0 Å². The molecule has 0 saturated carbocycles. The van der Waals surface area contributed by atoms with Crippen molar-refractivity contribution in [2.24, 2.45) is 11.6 Å². The Morgan fingerprint density at radius 2 is 1.48 bits per heavy atom.